The summed E-state index contributed by atoms with van der Waals surface area (Å²) in [6.07, 6.45) is -5.60. The van der Waals surface area contributed by atoms with Gasteiger partial charge < -0.3 is 33.9 Å². The molecule has 3 saturated heterocycles. The quantitative estimate of drug-likeness (QED) is 0.493. The predicted octanol–water partition coefficient (Wildman–Crippen LogP) is 3.93. The highest BCUT2D eigenvalue weighted by molar-refractivity contribution is 5.82. The van der Waals surface area contributed by atoms with E-state index in [1.54, 1.807) is 38.8 Å². The van der Waals surface area contributed by atoms with Gasteiger partial charge in [0.1, 0.15) is 11.9 Å². The van der Waals surface area contributed by atoms with Crippen molar-refractivity contribution < 1.29 is 42.0 Å². The fraction of sp³-hybridized carbons (Fsp3) is 0.600. The highest BCUT2D eigenvalue weighted by atomic mass is 19.4. The van der Waals surface area contributed by atoms with Gasteiger partial charge in [-0.25, -0.2) is 4.98 Å². The molecule has 9 nitrogen and oxygen atoms in total. The third-order valence-corrected chi connectivity index (χ3v) is 8.55. The van der Waals surface area contributed by atoms with Crippen LogP contribution in [0.3, 0.4) is 0 Å². The van der Waals surface area contributed by atoms with Crippen molar-refractivity contribution in [1.82, 2.24) is 9.88 Å². The molecule has 5 rings (SSSR count). The fourth-order valence-corrected chi connectivity index (χ4v) is 5.93. The molecule has 0 saturated carbocycles. The molecule has 230 valence electrons. The molecule has 1 unspecified atom stereocenters. The summed E-state index contributed by atoms with van der Waals surface area (Å²) in [6.45, 7) is 9.24. The predicted molar refractivity (Wildman–Crippen MR) is 148 cm³/mol. The van der Waals surface area contributed by atoms with Gasteiger partial charge in [-0.05, 0) is 50.1 Å². The third kappa shape index (κ3) is 6.30. The molecule has 4 heterocycles. The van der Waals surface area contributed by atoms with Crippen molar-refractivity contribution in [3.8, 4) is 11.5 Å². The minimum atomic E-state index is -4.28. The Labute approximate surface area is 243 Å². The zero-order valence-corrected chi connectivity index (χ0v) is 24.5. The zero-order chi connectivity index (χ0) is 30.4. The van der Waals surface area contributed by atoms with Crippen LogP contribution in [0.5, 0.6) is 11.5 Å². The maximum atomic E-state index is 13.3. The number of likely N-dealkylation sites (tertiary alicyclic amines) is 1. The Hall–Kier alpha value is -3.09. The van der Waals surface area contributed by atoms with Crippen LogP contribution in [0.4, 0.5) is 19.0 Å². The molecular formula is C30H38F3N3O6. The Kier molecular flexibility index (Phi) is 8.10. The first-order valence-corrected chi connectivity index (χ1v) is 14.1. The van der Waals surface area contributed by atoms with Crippen LogP contribution in [-0.4, -0.2) is 91.1 Å². The number of nitrogens with zero attached hydrogens (tertiary/aromatic N) is 3. The number of alkyl halides is 3. The van der Waals surface area contributed by atoms with Crippen molar-refractivity contribution in [3.63, 3.8) is 0 Å². The summed E-state index contributed by atoms with van der Waals surface area (Å²) >= 11 is 0. The first-order valence-electron chi connectivity index (χ1n) is 14.1. The van der Waals surface area contributed by atoms with E-state index in [0.29, 0.717) is 43.5 Å². The summed E-state index contributed by atoms with van der Waals surface area (Å²) in [5, 5.41) is 10.8. The van der Waals surface area contributed by atoms with Gasteiger partial charge in [-0.1, -0.05) is 19.1 Å². The lowest BCUT2D eigenvalue weighted by atomic mass is 9.72. The molecule has 0 spiro atoms. The third-order valence-electron chi connectivity index (χ3n) is 8.55. The molecule has 0 aliphatic carbocycles. The molecule has 12 heteroatoms. The van der Waals surface area contributed by atoms with Crippen LogP contribution in [0.15, 0.2) is 36.5 Å². The monoisotopic (exact) mass is 593 g/mol. The molecule has 4 atom stereocenters. The molecule has 3 aliphatic heterocycles. The highest BCUT2D eigenvalue weighted by Crippen LogP contribution is 2.47. The van der Waals surface area contributed by atoms with Gasteiger partial charge in [-0.2, -0.15) is 13.2 Å². The number of rotatable bonds is 8. The molecule has 1 aromatic heterocycles. The van der Waals surface area contributed by atoms with Gasteiger partial charge in [0.25, 0.3) is 5.91 Å². The van der Waals surface area contributed by atoms with Crippen LogP contribution in [0, 0.1) is 5.41 Å². The number of aliphatic hydroxyl groups excluding tert-OH is 1. The van der Waals surface area contributed by atoms with E-state index in [0.717, 1.165) is 5.56 Å². The van der Waals surface area contributed by atoms with Crippen molar-refractivity contribution in [2.24, 2.45) is 5.41 Å². The number of carbonyl (C=O) groups is 1. The number of halogens is 3. The number of benzene rings is 1. The maximum Gasteiger partial charge on any atom is 0.393 e. The molecule has 1 aromatic carbocycles. The van der Waals surface area contributed by atoms with Crippen LogP contribution < -0.4 is 14.4 Å². The summed E-state index contributed by atoms with van der Waals surface area (Å²) in [4.78, 5) is 21.2. The normalized spacial score (nSPS) is 26.7. The molecule has 1 N–H and O–H groups in total. The average molecular weight is 594 g/mol. The van der Waals surface area contributed by atoms with Gasteiger partial charge in [0.15, 0.2) is 23.4 Å². The lowest BCUT2D eigenvalue weighted by molar-refractivity contribution is -0.159. The lowest BCUT2D eigenvalue weighted by Crippen LogP contribution is -2.54. The Morgan fingerprint density at radius 1 is 1.17 bits per heavy atom. The molecule has 0 radical (unpaired) electrons. The number of carbonyl (C=O) groups excluding carboxylic acids is 1. The number of pyridine rings is 1. The SMILES string of the molecule is COc1ccc([C@@H]2CN(C(=O)C3COC(C)(C)O3)C[C@@]2(C)[C@@H](C)O)cc1OC1CN(c2ccc(CC(F)(F)F)cn2)C1. The first-order chi connectivity index (χ1) is 19.7. The lowest BCUT2D eigenvalue weighted by Gasteiger charge is -2.40. The summed E-state index contributed by atoms with van der Waals surface area (Å²) < 4.78 is 61.2. The smallest absolute Gasteiger partial charge is 0.393 e. The number of aliphatic hydroxyl groups is 1. The summed E-state index contributed by atoms with van der Waals surface area (Å²) in [5.74, 6) is 0.524. The van der Waals surface area contributed by atoms with E-state index in [2.05, 4.69) is 4.98 Å². The number of amides is 1. The van der Waals surface area contributed by atoms with Crippen LogP contribution in [-0.2, 0) is 20.7 Å². The summed E-state index contributed by atoms with van der Waals surface area (Å²) in [6, 6.07) is 8.70. The number of hydrogen-bond acceptors (Lipinski definition) is 8. The van der Waals surface area contributed by atoms with Crippen molar-refractivity contribution in [2.45, 2.75) is 70.3 Å². The van der Waals surface area contributed by atoms with Crippen molar-refractivity contribution in [3.05, 3.63) is 47.7 Å². The zero-order valence-electron chi connectivity index (χ0n) is 24.5. The minimum Gasteiger partial charge on any atom is -0.493 e. The van der Waals surface area contributed by atoms with Crippen LogP contribution in [0.1, 0.15) is 44.7 Å². The fourth-order valence-electron chi connectivity index (χ4n) is 5.93. The second-order valence-electron chi connectivity index (χ2n) is 12.1. The number of ether oxygens (including phenoxy) is 4. The van der Waals surface area contributed by atoms with E-state index in [1.165, 1.54) is 12.3 Å². The Morgan fingerprint density at radius 2 is 1.90 bits per heavy atom. The number of anilines is 1. The molecule has 3 aliphatic rings. The van der Waals surface area contributed by atoms with Crippen molar-refractivity contribution in [2.75, 3.05) is 44.8 Å². The molecule has 2 aromatic rings. The first kappa shape index (κ1) is 30.4. The summed E-state index contributed by atoms with van der Waals surface area (Å²) in [5.41, 5.74) is 0.408. The second kappa shape index (κ2) is 11.2. The van der Waals surface area contributed by atoms with E-state index in [4.69, 9.17) is 18.9 Å². The number of methoxy groups -OCH3 is 1. The van der Waals surface area contributed by atoms with Gasteiger partial charge in [0.2, 0.25) is 0 Å². The van der Waals surface area contributed by atoms with Crippen molar-refractivity contribution in [1.29, 1.82) is 0 Å². The molecule has 42 heavy (non-hydrogen) atoms. The van der Waals surface area contributed by atoms with E-state index in [1.807, 2.05) is 30.0 Å². The minimum absolute atomic E-state index is 0.116. The number of aromatic nitrogens is 1. The standard InChI is InChI=1S/C30H38F3N3O6/c1-18(37)29(4)17-36(27(38)25-16-40-28(2,3)42-25)15-22(29)20-7-8-23(39-5)24(10-20)41-21-13-35(14-21)26-9-6-19(12-34-26)11-30(31,32)33/h6-10,12,18,21-22,25,37H,11,13-17H2,1-5H3/t18-,22+,25?,29+/m1/s1. The largest absolute Gasteiger partial charge is 0.493 e. The van der Waals surface area contributed by atoms with Crippen LogP contribution >= 0.6 is 0 Å². The molecule has 3 fully saturated rings. The maximum absolute atomic E-state index is 13.3. The van der Waals surface area contributed by atoms with Gasteiger partial charge in [-0.3, -0.25) is 4.79 Å². The van der Waals surface area contributed by atoms with Crippen molar-refractivity contribution >= 4 is 11.7 Å². The van der Waals surface area contributed by atoms with Gasteiger partial charge >= 0.3 is 6.18 Å². The van der Waals surface area contributed by atoms with E-state index >= 15 is 0 Å². The molecule has 1 amide bonds. The van der Waals surface area contributed by atoms with E-state index in [9.17, 15) is 23.1 Å². The number of hydrogen-bond donors (Lipinski definition) is 1. The van der Waals surface area contributed by atoms with Crippen LogP contribution in [0.2, 0.25) is 0 Å². The molecular weight excluding hydrogens is 555 g/mol. The average Bonchev–Trinajstić information content (AvgIpc) is 3.45. The topological polar surface area (TPSA) is 93.6 Å². The highest BCUT2D eigenvalue weighted by Gasteiger charge is 2.51. The molecule has 0 bridgehead atoms. The van der Waals surface area contributed by atoms with Gasteiger partial charge in [0.05, 0.1) is 39.3 Å². The second-order valence-corrected chi connectivity index (χ2v) is 12.1. The Morgan fingerprint density at radius 3 is 2.48 bits per heavy atom. The van der Waals surface area contributed by atoms with E-state index in [-0.39, 0.29) is 30.1 Å². The Bertz CT molecular complexity index is 1280. The Balaban J connectivity index is 1.27. The summed E-state index contributed by atoms with van der Waals surface area (Å²) in [7, 11) is 1.56. The van der Waals surface area contributed by atoms with Gasteiger partial charge in [0, 0.05) is 30.6 Å². The van der Waals surface area contributed by atoms with E-state index < -0.39 is 36.0 Å². The van der Waals surface area contributed by atoms with Crippen LogP contribution in [0.25, 0.3) is 0 Å². The van der Waals surface area contributed by atoms with Gasteiger partial charge in [-0.15, -0.1) is 0 Å².